The minimum atomic E-state index is 0.219. The summed E-state index contributed by atoms with van der Waals surface area (Å²) in [4.78, 5) is 6.88. The van der Waals surface area contributed by atoms with E-state index < -0.39 is 0 Å². The van der Waals surface area contributed by atoms with Crippen LogP contribution in [0.1, 0.15) is 26.2 Å². The van der Waals surface area contributed by atoms with Crippen molar-refractivity contribution in [1.82, 2.24) is 15.2 Å². The zero-order valence-corrected chi connectivity index (χ0v) is 15.6. The van der Waals surface area contributed by atoms with Crippen LogP contribution in [0.2, 0.25) is 0 Å². The lowest BCUT2D eigenvalue weighted by Crippen LogP contribution is -2.40. The predicted molar refractivity (Wildman–Crippen MR) is 99.8 cm³/mol. The van der Waals surface area contributed by atoms with Crippen LogP contribution in [-0.2, 0) is 4.74 Å². The number of methoxy groups -OCH3 is 2. The molecule has 0 N–H and O–H groups in total. The van der Waals surface area contributed by atoms with Gasteiger partial charge in [-0.25, -0.2) is 4.98 Å². The summed E-state index contributed by atoms with van der Waals surface area (Å²) in [6.45, 7) is 4.60. The highest BCUT2D eigenvalue weighted by Crippen LogP contribution is 2.37. The average molecular weight is 358 g/mol. The molecule has 7 heteroatoms. The van der Waals surface area contributed by atoms with Crippen LogP contribution in [0, 0.1) is 0 Å². The van der Waals surface area contributed by atoms with Crippen molar-refractivity contribution in [1.29, 1.82) is 0 Å². The molecule has 3 rings (SSSR count). The third kappa shape index (κ3) is 4.04. The molecule has 0 spiro atoms. The van der Waals surface area contributed by atoms with Crippen molar-refractivity contribution >= 4 is 5.95 Å². The van der Waals surface area contributed by atoms with E-state index in [0.717, 1.165) is 44.5 Å². The fourth-order valence-electron chi connectivity index (χ4n) is 3.19. The Hall–Kier alpha value is -2.41. The van der Waals surface area contributed by atoms with E-state index in [1.165, 1.54) is 0 Å². The van der Waals surface area contributed by atoms with E-state index in [1.54, 1.807) is 20.4 Å². The molecule has 1 aliphatic heterocycles. The molecule has 0 unspecified atom stereocenters. The van der Waals surface area contributed by atoms with Gasteiger partial charge in [0.05, 0.1) is 32.1 Å². The van der Waals surface area contributed by atoms with E-state index >= 15 is 0 Å². The summed E-state index contributed by atoms with van der Waals surface area (Å²) < 4.78 is 16.9. The van der Waals surface area contributed by atoms with Crippen LogP contribution >= 0.6 is 0 Å². The Kier molecular flexibility index (Phi) is 6.22. The van der Waals surface area contributed by atoms with Gasteiger partial charge in [-0.15, -0.1) is 5.10 Å². The molecule has 0 radical (unpaired) electrons. The van der Waals surface area contributed by atoms with Gasteiger partial charge in [-0.1, -0.05) is 13.0 Å². The SMILES string of the molecule is CCCO[C@H]1CCCN(c2nncc(-c3c(OC)cccc3OC)n2)C1. The normalized spacial score (nSPS) is 17.2. The summed E-state index contributed by atoms with van der Waals surface area (Å²) in [5.41, 5.74) is 1.46. The third-order valence-corrected chi connectivity index (χ3v) is 4.45. The highest BCUT2D eigenvalue weighted by atomic mass is 16.5. The summed E-state index contributed by atoms with van der Waals surface area (Å²) in [5, 5.41) is 8.41. The molecule has 1 saturated heterocycles. The smallest absolute Gasteiger partial charge is 0.246 e. The maximum Gasteiger partial charge on any atom is 0.246 e. The lowest BCUT2D eigenvalue weighted by Gasteiger charge is -2.32. The minimum Gasteiger partial charge on any atom is -0.496 e. The van der Waals surface area contributed by atoms with E-state index in [4.69, 9.17) is 19.2 Å². The molecule has 1 fully saturated rings. The van der Waals surface area contributed by atoms with Crippen molar-refractivity contribution in [2.24, 2.45) is 0 Å². The summed E-state index contributed by atoms with van der Waals surface area (Å²) in [5.74, 6) is 2.00. The molecule has 7 nitrogen and oxygen atoms in total. The maximum atomic E-state index is 5.91. The Labute approximate surface area is 154 Å². The van der Waals surface area contributed by atoms with Gasteiger partial charge in [-0.2, -0.15) is 5.10 Å². The molecule has 26 heavy (non-hydrogen) atoms. The maximum absolute atomic E-state index is 5.91. The Morgan fingerprint density at radius 1 is 1.19 bits per heavy atom. The number of ether oxygens (including phenoxy) is 3. The van der Waals surface area contributed by atoms with Crippen LogP contribution in [0.25, 0.3) is 11.3 Å². The molecule has 1 aromatic heterocycles. The van der Waals surface area contributed by atoms with Gasteiger partial charge in [0.1, 0.15) is 17.2 Å². The molecular weight excluding hydrogens is 332 g/mol. The van der Waals surface area contributed by atoms with Crippen molar-refractivity contribution in [3.63, 3.8) is 0 Å². The van der Waals surface area contributed by atoms with Crippen LogP contribution in [0.3, 0.4) is 0 Å². The second-order valence-corrected chi connectivity index (χ2v) is 6.26. The van der Waals surface area contributed by atoms with Crippen molar-refractivity contribution in [3.05, 3.63) is 24.4 Å². The lowest BCUT2D eigenvalue weighted by atomic mass is 10.1. The second-order valence-electron chi connectivity index (χ2n) is 6.26. The Bertz CT molecular complexity index is 703. The number of rotatable bonds is 7. The molecular formula is C19H26N4O3. The van der Waals surface area contributed by atoms with Crippen molar-refractivity contribution in [2.75, 3.05) is 38.8 Å². The second kappa shape index (κ2) is 8.80. The number of hydrogen-bond acceptors (Lipinski definition) is 7. The molecule has 140 valence electrons. The summed E-state index contributed by atoms with van der Waals surface area (Å²) in [6.07, 6.45) is 5.01. The summed E-state index contributed by atoms with van der Waals surface area (Å²) in [7, 11) is 3.27. The van der Waals surface area contributed by atoms with Gasteiger partial charge in [0.25, 0.3) is 0 Å². The summed E-state index contributed by atoms with van der Waals surface area (Å²) in [6, 6.07) is 5.65. The predicted octanol–water partition coefficient (Wildman–Crippen LogP) is 2.95. The molecule has 2 aromatic rings. The Morgan fingerprint density at radius 3 is 2.65 bits per heavy atom. The van der Waals surface area contributed by atoms with Crippen molar-refractivity contribution in [2.45, 2.75) is 32.3 Å². The van der Waals surface area contributed by atoms with E-state index in [1.807, 2.05) is 18.2 Å². The van der Waals surface area contributed by atoms with Crippen LogP contribution in [0.5, 0.6) is 11.5 Å². The molecule has 1 aliphatic rings. The Morgan fingerprint density at radius 2 is 1.96 bits per heavy atom. The van der Waals surface area contributed by atoms with Crippen LogP contribution < -0.4 is 14.4 Å². The van der Waals surface area contributed by atoms with E-state index in [2.05, 4.69) is 22.0 Å². The van der Waals surface area contributed by atoms with Crippen molar-refractivity contribution in [3.8, 4) is 22.8 Å². The minimum absolute atomic E-state index is 0.219. The number of anilines is 1. The standard InChI is InChI=1S/C19H26N4O3/c1-4-11-26-14-7-6-10-23(13-14)19-21-15(12-20-22-19)18-16(24-2)8-5-9-17(18)25-3/h5,8-9,12,14H,4,6-7,10-11,13H2,1-3H3/t14-/m0/s1. The van der Waals surface area contributed by atoms with Gasteiger partial charge in [-0.05, 0) is 31.4 Å². The van der Waals surface area contributed by atoms with Gasteiger partial charge in [0.2, 0.25) is 5.95 Å². The van der Waals surface area contributed by atoms with E-state index in [-0.39, 0.29) is 6.10 Å². The molecule has 0 amide bonds. The molecule has 1 aromatic carbocycles. The largest absolute Gasteiger partial charge is 0.496 e. The molecule has 0 bridgehead atoms. The first-order chi connectivity index (χ1) is 12.8. The van der Waals surface area contributed by atoms with Crippen molar-refractivity contribution < 1.29 is 14.2 Å². The van der Waals surface area contributed by atoms with Crippen LogP contribution in [0.15, 0.2) is 24.4 Å². The Balaban J connectivity index is 1.87. The highest BCUT2D eigenvalue weighted by molar-refractivity contribution is 5.74. The van der Waals surface area contributed by atoms with Gasteiger partial charge < -0.3 is 19.1 Å². The first-order valence-electron chi connectivity index (χ1n) is 9.04. The van der Waals surface area contributed by atoms with Gasteiger partial charge in [0.15, 0.2) is 0 Å². The number of benzene rings is 1. The topological polar surface area (TPSA) is 69.6 Å². The van der Waals surface area contributed by atoms with Crippen LogP contribution in [-0.4, -0.2) is 55.2 Å². The average Bonchev–Trinajstić information content (AvgIpc) is 2.71. The molecule has 2 heterocycles. The quantitative estimate of drug-likeness (QED) is 0.753. The number of piperidine rings is 1. The molecule has 1 atom stereocenters. The first-order valence-corrected chi connectivity index (χ1v) is 9.04. The van der Waals surface area contributed by atoms with E-state index in [0.29, 0.717) is 23.1 Å². The third-order valence-electron chi connectivity index (χ3n) is 4.45. The zero-order chi connectivity index (χ0) is 18.4. The lowest BCUT2D eigenvalue weighted by molar-refractivity contribution is 0.0437. The van der Waals surface area contributed by atoms with E-state index in [9.17, 15) is 0 Å². The first kappa shape index (κ1) is 18.4. The molecule has 0 aliphatic carbocycles. The van der Waals surface area contributed by atoms with Crippen LogP contribution in [0.4, 0.5) is 5.95 Å². The van der Waals surface area contributed by atoms with Gasteiger partial charge in [-0.3, -0.25) is 0 Å². The summed E-state index contributed by atoms with van der Waals surface area (Å²) >= 11 is 0. The number of aromatic nitrogens is 3. The highest BCUT2D eigenvalue weighted by Gasteiger charge is 2.23. The monoisotopic (exact) mass is 358 g/mol. The molecule has 0 saturated carbocycles. The van der Waals surface area contributed by atoms with Gasteiger partial charge in [0, 0.05) is 19.7 Å². The van der Waals surface area contributed by atoms with Gasteiger partial charge >= 0.3 is 0 Å². The number of nitrogens with zero attached hydrogens (tertiary/aromatic N) is 4. The fraction of sp³-hybridized carbons (Fsp3) is 0.526. The fourth-order valence-corrected chi connectivity index (χ4v) is 3.19. The number of hydrogen-bond donors (Lipinski definition) is 0. The zero-order valence-electron chi connectivity index (χ0n) is 15.6.